The molecule has 1 aromatic carbocycles. The van der Waals surface area contributed by atoms with Gasteiger partial charge in [-0.1, -0.05) is 12.1 Å². The Morgan fingerprint density at radius 2 is 2.00 bits per heavy atom. The lowest BCUT2D eigenvalue weighted by molar-refractivity contribution is -0.121. The summed E-state index contributed by atoms with van der Waals surface area (Å²) in [5.74, 6) is 0.411. The number of benzene rings is 1. The molecule has 1 saturated carbocycles. The van der Waals surface area contributed by atoms with Gasteiger partial charge in [-0.25, -0.2) is 4.79 Å². The highest BCUT2D eigenvalue weighted by atomic mass is 16.6. The average Bonchev–Trinajstić information content (AvgIpc) is 3.18. The number of rotatable bonds is 2. The zero-order chi connectivity index (χ0) is 17.9. The summed E-state index contributed by atoms with van der Waals surface area (Å²) < 4.78 is 5.31. The van der Waals surface area contributed by atoms with Crippen LogP contribution in [0.15, 0.2) is 18.2 Å². The highest BCUT2D eigenvalue weighted by molar-refractivity contribution is 6.07. The number of nitrogens with zero attached hydrogens (tertiary/aromatic N) is 1. The molecule has 130 valence electrons. The minimum absolute atomic E-state index is 0.107. The Morgan fingerprint density at radius 1 is 1.33 bits per heavy atom. The van der Waals surface area contributed by atoms with E-state index in [9.17, 15) is 9.59 Å². The molecular weight excluding hydrogens is 304 g/mol. The summed E-state index contributed by atoms with van der Waals surface area (Å²) in [6.45, 7) is 9.49. The summed E-state index contributed by atoms with van der Waals surface area (Å²) in [6, 6.07) is 6.31. The Morgan fingerprint density at radius 3 is 2.62 bits per heavy atom. The molecule has 1 aliphatic carbocycles. The summed E-state index contributed by atoms with van der Waals surface area (Å²) >= 11 is 0. The molecule has 0 radical (unpaired) electrons. The summed E-state index contributed by atoms with van der Waals surface area (Å²) in [5, 5.41) is 2.93. The zero-order valence-electron chi connectivity index (χ0n) is 15.3. The molecule has 2 unspecified atom stereocenters. The van der Waals surface area contributed by atoms with Crippen molar-refractivity contribution in [3.05, 3.63) is 29.3 Å². The molecule has 0 spiro atoms. The highest BCUT2D eigenvalue weighted by Crippen LogP contribution is 2.46. The first-order valence-electron chi connectivity index (χ1n) is 8.43. The molecule has 1 N–H and O–H groups in total. The van der Waals surface area contributed by atoms with Crippen molar-refractivity contribution >= 4 is 17.7 Å². The number of alkyl carbamates (subject to hydrolysis) is 1. The topological polar surface area (TPSA) is 58.6 Å². The molecule has 24 heavy (non-hydrogen) atoms. The van der Waals surface area contributed by atoms with Gasteiger partial charge < -0.3 is 15.0 Å². The molecule has 3 rings (SSSR count). The SMILES string of the molecule is CN1C(=O)C(C)(C)c2cc(C3CC3NC(=O)OC(C)(C)C)ccc21. The normalized spacial score (nSPS) is 24.6. The third kappa shape index (κ3) is 2.87. The van der Waals surface area contributed by atoms with Gasteiger partial charge in [0, 0.05) is 24.7 Å². The second-order valence-corrected chi connectivity index (χ2v) is 8.36. The number of anilines is 1. The van der Waals surface area contributed by atoms with Crippen LogP contribution in [0.25, 0.3) is 0 Å². The molecule has 0 aromatic heterocycles. The van der Waals surface area contributed by atoms with Gasteiger partial charge in [0.15, 0.2) is 0 Å². The van der Waals surface area contributed by atoms with Crippen LogP contribution < -0.4 is 10.2 Å². The maximum atomic E-state index is 12.4. The summed E-state index contributed by atoms with van der Waals surface area (Å²) in [5.41, 5.74) is 2.23. The van der Waals surface area contributed by atoms with Crippen LogP contribution in [-0.4, -0.2) is 30.7 Å². The van der Waals surface area contributed by atoms with Gasteiger partial charge in [-0.3, -0.25) is 4.79 Å². The lowest BCUT2D eigenvalue weighted by atomic mass is 9.85. The molecule has 0 bridgehead atoms. The van der Waals surface area contributed by atoms with E-state index in [1.807, 2.05) is 47.7 Å². The van der Waals surface area contributed by atoms with E-state index >= 15 is 0 Å². The van der Waals surface area contributed by atoms with Crippen molar-refractivity contribution in [1.29, 1.82) is 0 Å². The molecule has 1 fully saturated rings. The number of ether oxygens (including phenoxy) is 1. The quantitative estimate of drug-likeness (QED) is 0.905. The molecule has 1 heterocycles. The minimum atomic E-state index is -0.497. The standard InChI is InChI=1S/C19H26N2O3/c1-18(2,3)24-17(23)20-14-10-12(14)11-7-8-15-13(9-11)19(4,5)16(22)21(15)6/h7-9,12,14H,10H2,1-6H3,(H,20,23). The molecule has 2 amide bonds. The zero-order valence-corrected chi connectivity index (χ0v) is 15.3. The first-order valence-corrected chi connectivity index (χ1v) is 8.43. The van der Waals surface area contributed by atoms with Crippen molar-refractivity contribution in [2.45, 2.75) is 64.0 Å². The van der Waals surface area contributed by atoms with E-state index < -0.39 is 11.0 Å². The van der Waals surface area contributed by atoms with Crippen LogP contribution in [0.1, 0.15) is 58.1 Å². The van der Waals surface area contributed by atoms with Gasteiger partial charge in [-0.2, -0.15) is 0 Å². The van der Waals surface area contributed by atoms with Crippen molar-refractivity contribution in [2.75, 3.05) is 11.9 Å². The lowest BCUT2D eigenvalue weighted by Gasteiger charge is -2.19. The number of likely N-dealkylation sites (N-methyl/N-ethyl adjacent to an activating group) is 1. The van der Waals surface area contributed by atoms with Gasteiger partial charge in [-0.15, -0.1) is 0 Å². The van der Waals surface area contributed by atoms with Gasteiger partial charge in [0.1, 0.15) is 5.60 Å². The Balaban J connectivity index is 1.72. The number of fused-ring (bicyclic) bond motifs is 1. The Kier molecular flexibility index (Phi) is 3.66. The van der Waals surface area contributed by atoms with Gasteiger partial charge >= 0.3 is 6.09 Å². The predicted molar refractivity (Wildman–Crippen MR) is 93.4 cm³/mol. The highest BCUT2D eigenvalue weighted by Gasteiger charge is 2.45. The largest absolute Gasteiger partial charge is 0.444 e. The Labute approximate surface area is 143 Å². The monoisotopic (exact) mass is 330 g/mol. The fraction of sp³-hybridized carbons (Fsp3) is 0.579. The molecule has 1 aliphatic heterocycles. The molecule has 2 aliphatic rings. The second-order valence-electron chi connectivity index (χ2n) is 8.36. The van der Waals surface area contributed by atoms with Crippen molar-refractivity contribution < 1.29 is 14.3 Å². The second kappa shape index (κ2) is 5.23. The van der Waals surface area contributed by atoms with Crippen LogP contribution in [0, 0.1) is 0 Å². The van der Waals surface area contributed by atoms with Gasteiger partial charge in [0.25, 0.3) is 0 Å². The molecule has 5 heteroatoms. The van der Waals surface area contributed by atoms with Crippen LogP contribution in [-0.2, 0) is 14.9 Å². The Hall–Kier alpha value is -2.04. The number of hydrogen-bond acceptors (Lipinski definition) is 3. The maximum Gasteiger partial charge on any atom is 0.407 e. The average molecular weight is 330 g/mol. The maximum absolute atomic E-state index is 12.4. The van der Waals surface area contributed by atoms with Gasteiger partial charge in [0.2, 0.25) is 5.91 Å². The summed E-state index contributed by atoms with van der Waals surface area (Å²) in [6.07, 6.45) is 0.536. The molecule has 1 aromatic rings. The van der Waals surface area contributed by atoms with Gasteiger partial charge in [-0.05, 0) is 58.2 Å². The third-order valence-electron chi connectivity index (χ3n) is 4.82. The van der Waals surface area contributed by atoms with Crippen LogP contribution in [0.5, 0.6) is 0 Å². The van der Waals surface area contributed by atoms with E-state index in [1.54, 1.807) is 4.90 Å². The third-order valence-corrected chi connectivity index (χ3v) is 4.82. The van der Waals surface area contributed by atoms with Crippen LogP contribution in [0.3, 0.4) is 0 Å². The van der Waals surface area contributed by atoms with E-state index in [0.29, 0.717) is 5.92 Å². The fourth-order valence-electron chi connectivity index (χ4n) is 3.40. The van der Waals surface area contributed by atoms with E-state index in [1.165, 1.54) is 5.56 Å². The van der Waals surface area contributed by atoms with E-state index in [0.717, 1.165) is 17.7 Å². The van der Waals surface area contributed by atoms with Crippen LogP contribution in [0.2, 0.25) is 0 Å². The van der Waals surface area contributed by atoms with Crippen molar-refractivity contribution in [3.63, 3.8) is 0 Å². The minimum Gasteiger partial charge on any atom is -0.444 e. The smallest absolute Gasteiger partial charge is 0.407 e. The number of carbonyl (C=O) groups excluding carboxylic acids is 2. The Bertz CT molecular complexity index is 703. The molecule has 0 saturated heterocycles. The number of hydrogen-bond donors (Lipinski definition) is 1. The summed E-state index contributed by atoms with van der Waals surface area (Å²) in [7, 11) is 1.82. The number of carbonyl (C=O) groups is 2. The first kappa shape index (κ1) is 16.8. The van der Waals surface area contributed by atoms with Crippen molar-refractivity contribution in [3.8, 4) is 0 Å². The first-order chi connectivity index (χ1) is 11.0. The van der Waals surface area contributed by atoms with E-state index in [-0.39, 0.29) is 18.0 Å². The van der Waals surface area contributed by atoms with E-state index in [4.69, 9.17) is 4.74 Å². The predicted octanol–water partition coefficient (Wildman–Crippen LogP) is 3.32. The van der Waals surface area contributed by atoms with Crippen LogP contribution >= 0.6 is 0 Å². The molecule has 2 atom stereocenters. The number of amides is 2. The molecular formula is C19H26N2O3. The molecule has 5 nitrogen and oxygen atoms in total. The number of nitrogens with one attached hydrogen (secondary N) is 1. The fourth-order valence-corrected chi connectivity index (χ4v) is 3.40. The van der Waals surface area contributed by atoms with E-state index in [2.05, 4.69) is 17.4 Å². The van der Waals surface area contributed by atoms with Crippen molar-refractivity contribution in [2.24, 2.45) is 0 Å². The van der Waals surface area contributed by atoms with Gasteiger partial charge in [0.05, 0.1) is 5.41 Å². The lowest BCUT2D eigenvalue weighted by Crippen LogP contribution is -2.34. The van der Waals surface area contributed by atoms with Crippen LogP contribution in [0.4, 0.5) is 10.5 Å². The van der Waals surface area contributed by atoms with Crippen molar-refractivity contribution in [1.82, 2.24) is 5.32 Å². The summed E-state index contributed by atoms with van der Waals surface area (Å²) in [4.78, 5) is 26.0.